The van der Waals surface area contributed by atoms with Crippen LogP contribution in [-0.4, -0.2) is 22.9 Å². The van der Waals surface area contributed by atoms with Gasteiger partial charge in [0, 0.05) is 19.2 Å². The van der Waals surface area contributed by atoms with Crippen LogP contribution >= 0.6 is 11.6 Å². The normalized spacial score (nSPS) is 10.2. The topological polar surface area (TPSA) is 89.5 Å². The van der Waals surface area contributed by atoms with Gasteiger partial charge in [-0.05, 0) is 19.9 Å². The number of halogens is 1. The minimum absolute atomic E-state index is 0.0394. The van der Waals surface area contributed by atoms with E-state index in [2.05, 4.69) is 0 Å². The van der Waals surface area contributed by atoms with Crippen LogP contribution in [0, 0.1) is 20.2 Å². The molecule has 1 aromatic carbocycles. The van der Waals surface area contributed by atoms with Gasteiger partial charge in [0.1, 0.15) is 5.02 Å². The summed E-state index contributed by atoms with van der Waals surface area (Å²) in [6.07, 6.45) is 0. The molecule has 0 fully saturated rings. The molecule has 0 heterocycles. The fourth-order valence-electron chi connectivity index (χ4n) is 1.72. The quantitative estimate of drug-likeness (QED) is 0.607. The lowest BCUT2D eigenvalue weighted by Crippen LogP contribution is -2.24. The molecule has 0 aromatic heterocycles. The van der Waals surface area contributed by atoms with E-state index in [-0.39, 0.29) is 16.4 Å². The van der Waals surface area contributed by atoms with Crippen molar-refractivity contribution in [1.82, 2.24) is 0 Å². The van der Waals surface area contributed by atoms with Gasteiger partial charge in [-0.2, -0.15) is 0 Å². The van der Waals surface area contributed by atoms with Crippen LogP contribution < -0.4 is 4.90 Å². The number of benzene rings is 1. The van der Waals surface area contributed by atoms with Crippen molar-refractivity contribution >= 4 is 28.7 Å². The van der Waals surface area contributed by atoms with Crippen LogP contribution in [0.25, 0.3) is 0 Å². The molecule has 7 nitrogen and oxygen atoms in total. The third-order valence-corrected chi connectivity index (χ3v) is 2.84. The molecule has 1 rings (SSSR count). The molecule has 0 saturated heterocycles. The number of nitro benzene ring substituents is 2. The van der Waals surface area contributed by atoms with Crippen molar-refractivity contribution < 1.29 is 9.85 Å². The van der Waals surface area contributed by atoms with Crippen molar-refractivity contribution in [1.29, 1.82) is 0 Å². The van der Waals surface area contributed by atoms with Gasteiger partial charge < -0.3 is 4.90 Å². The lowest BCUT2D eigenvalue weighted by Gasteiger charge is -2.20. The predicted molar refractivity (Wildman–Crippen MR) is 68.3 cm³/mol. The lowest BCUT2D eigenvalue weighted by molar-refractivity contribution is -0.392. The van der Waals surface area contributed by atoms with Gasteiger partial charge in [0.2, 0.25) is 0 Å². The maximum Gasteiger partial charge on any atom is 0.318 e. The first-order valence-electron chi connectivity index (χ1n) is 5.30. The second kappa shape index (κ2) is 5.63. The molecule has 0 N–H and O–H groups in total. The Bertz CT molecular complexity index is 488. The Hall–Kier alpha value is -1.89. The summed E-state index contributed by atoms with van der Waals surface area (Å²) < 4.78 is 0. The van der Waals surface area contributed by atoms with E-state index in [0.717, 1.165) is 0 Å². The summed E-state index contributed by atoms with van der Waals surface area (Å²) in [7, 11) is 0. The van der Waals surface area contributed by atoms with Crippen LogP contribution in [0.2, 0.25) is 5.02 Å². The third kappa shape index (κ3) is 2.51. The van der Waals surface area contributed by atoms with Gasteiger partial charge in [-0.25, -0.2) is 0 Å². The van der Waals surface area contributed by atoms with Crippen molar-refractivity contribution in [3.8, 4) is 0 Å². The molecule has 98 valence electrons. The number of hydrogen-bond donors (Lipinski definition) is 0. The number of nitrogens with zero attached hydrogens (tertiary/aromatic N) is 3. The Morgan fingerprint density at radius 3 is 2.11 bits per heavy atom. The highest BCUT2D eigenvalue weighted by molar-refractivity contribution is 6.33. The highest BCUT2D eigenvalue weighted by Gasteiger charge is 2.31. The van der Waals surface area contributed by atoms with Crippen LogP contribution in [0.15, 0.2) is 12.1 Å². The molecular weight excluding hydrogens is 262 g/mol. The number of hydrogen-bond acceptors (Lipinski definition) is 5. The van der Waals surface area contributed by atoms with Crippen LogP contribution in [0.5, 0.6) is 0 Å². The van der Waals surface area contributed by atoms with E-state index < -0.39 is 15.5 Å². The Morgan fingerprint density at radius 2 is 1.72 bits per heavy atom. The number of nitro groups is 2. The molecule has 0 aliphatic rings. The maximum atomic E-state index is 11.0. The van der Waals surface area contributed by atoms with Gasteiger partial charge in [-0.1, -0.05) is 11.6 Å². The molecule has 0 radical (unpaired) electrons. The van der Waals surface area contributed by atoms with Crippen LogP contribution in [-0.2, 0) is 0 Å². The summed E-state index contributed by atoms with van der Waals surface area (Å²) in [5.41, 5.74) is -0.771. The summed E-state index contributed by atoms with van der Waals surface area (Å²) >= 11 is 5.77. The van der Waals surface area contributed by atoms with Gasteiger partial charge in [0.25, 0.3) is 5.69 Å². The first-order valence-corrected chi connectivity index (χ1v) is 5.68. The van der Waals surface area contributed by atoms with E-state index in [4.69, 9.17) is 11.6 Å². The van der Waals surface area contributed by atoms with Crippen LogP contribution in [0.1, 0.15) is 13.8 Å². The van der Waals surface area contributed by atoms with Crippen molar-refractivity contribution in [3.63, 3.8) is 0 Å². The molecule has 0 aliphatic heterocycles. The van der Waals surface area contributed by atoms with E-state index >= 15 is 0 Å². The molecule has 0 spiro atoms. The molecule has 0 bridgehead atoms. The number of anilines is 1. The summed E-state index contributed by atoms with van der Waals surface area (Å²) in [4.78, 5) is 22.2. The smallest absolute Gasteiger partial charge is 0.318 e. The summed E-state index contributed by atoms with van der Waals surface area (Å²) in [5.74, 6) is 0. The first kappa shape index (κ1) is 14.2. The molecule has 0 atom stereocenters. The predicted octanol–water partition coefficient (Wildman–Crippen LogP) is 3.00. The molecular formula is C10H12ClN3O4. The molecule has 18 heavy (non-hydrogen) atoms. The van der Waals surface area contributed by atoms with Crippen LogP contribution in [0.4, 0.5) is 17.1 Å². The van der Waals surface area contributed by atoms with Crippen molar-refractivity contribution in [3.05, 3.63) is 37.4 Å². The molecule has 0 saturated carbocycles. The summed E-state index contributed by atoms with van der Waals surface area (Å²) in [5, 5.41) is 21.9. The zero-order valence-corrected chi connectivity index (χ0v) is 10.7. The molecule has 0 amide bonds. The summed E-state index contributed by atoms with van der Waals surface area (Å²) in [6, 6.07) is 2.35. The zero-order chi connectivity index (χ0) is 13.9. The highest BCUT2D eigenvalue weighted by atomic mass is 35.5. The third-order valence-electron chi connectivity index (χ3n) is 2.54. The van der Waals surface area contributed by atoms with Gasteiger partial charge in [-0.15, -0.1) is 0 Å². The van der Waals surface area contributed by atoms with Crippen molar-refractivity contribution in [2.24, 2.45) is 0 Å². The second-order valence-corrected chi connectivity index (χ2v) is 3.86. The SMILES string of the molecule is CCN(CC)c1c([N+](=O)[O-])ccc(Cl)c1[N+](=O)[O-]. The van der Waals surface area contributed by atoms with Gasteiger partial charge in [0.15, 0.2) is 5.69 Å². The fourth-order valence-corrected chi connectivity index (χ4v) is 1.94. The Labute approximate surface area is 108 Å². The van der Waals surface area contributed by atoms with Gasteiger partial charge in [0.05, 0.1) is 9.85 Å². The fraction of sp³-hybridized carbons (Fsp3) is 0.400. The van der Waals surface area contributed by atoms with E-state index in [1.165, 1.54) is 12.1 Å². The van der Waals surface area contributed by atoms with Gasteiger partial charge >= 0.3 is 5.69 Å². The second-order valence-electron chi connectivity index (χ2n) is 3.45. The van der Waals surface area contributed by atoms with Crippen molar-refractivity contribution in [2.45, 2.75) is 13.8 Å². The van der Waals surface area contributed by atoms with E-state index in [0.29, 0.717) is 13.1 Å². The first-order chi connectivity index (χ1) is 8.43. The zero-order valence-electron chi connectivity index (χ0n) is 9.92. The highest BCUT2D eigenvalue weighted by Crippen LogP contribution is 2.42. The molecule has 0 unspecified atom stereocenters. The Morgan fingerprint density at radius 1 is 1.17 bits per heavy atom. The Balaban J connectivity index is 3.62. The monoisotopic (exact) mass is 273 g/mol. The molecule has 1 aromatic rings. The van der Waals surface area contributed by atoms with E-state index in [1.54, 1.807) is 18.7 Å². The standard InChI is InChI=1S/C10H12ClN3O4/c1-3-12(4-2)10-8(13(15)16)6-5-7(11)9(10)14(17)18/h5-6H,3-4H2,1-2H3. The average Bonchev–Trinajstić information content (AvgIpc) is 2.29. The molecule has 0 aliphatic carbocycles. The van der Waals surface area contributed by atoms with E-state index in [9.17, 15) is 20.2 Å². The van der Waals surface area contributed by atoms with Crippen molar-refractivity contribution in [2.75, 3.05) is 18.0 Å². The Kier molecular flexibility index (Phi) is 4.43. The minimum Gasteiger partial charge on any atom is -0.361 e. The average molecular weight is 274 g/mol. The lowest BCUT2D eigenvalue weighted by atomic mass is 10.2. The molecule has 8 heteroatoms. The van der Waals surface area contributed by atoms with E-state index in [1.807, 2.05) is 0 Å². The van der Waals surface area contributed by atoms with Crippen LogP contribution in [0.3, 0.4) is 0 Å². The largest absolute Gasteiger partial charge is 0.361 e. The number of rotatable bonds is 5. The minimum atomic E-state index is -0.691. The van der Waals surface area contributed by atoms with Gasteiger partial charge in [-0.3, -0.25) is 20.2 Å². The maximum absolute atomic E-state index is 11.0. The summed E-state index contributed by atoms with van der Waals surface area (Å²) in [6.45, 7) is 4.35.